The van der Waals surface area contributed by atoms with Crippen LogP contribution in [0.4, 0.5) is 0 Å². The van der Waals surface area contributed by atoms with Crippen LogP contribution in [-0.2, 0) is 16.4 Å². The molecule has 0 aliphatic heterocycles. The zero-order valence-corrected chi connectivity index (χ0v) is 12.3. The molecule has 108 valence electrons. The fraction of sp³-hybridized carbons (Fsp3) is 0.308. The lowest BCUT2D eigenvalue weighted by molar-refractivity contribution is 0.520. The van der Waals surface area contributed by atoms with Crippen LogP contribution in [0.1, 0.15) is 5.82 Å². The summed E-state index contributed by atoms with van der Waals surface area (Å²) in [7, 11) is -0.482. The number of sulfonamides is 1. The van der Waals surface area contributed by atoms with Crippen molar-refractivity contribution in [1.29, 1.82) is 0 Å². The monoisotopic (exact) mass is 294 g/mol. The smallest absolute Gasteiger partial charge is 0.244 e. The van der Waals surface area contributed by atoms with E-state index in [4.69, 9.17) is 5.73 Å². The molecule has 0 amide bonds. The van der Waals surface area contributed by atoms with Crippen LogP contribution in [0, 0.1) is 0 Å². The van der Waals surface area contributed by atoms with E-state index in [-0.39, 0.29) is 4.90 Å². The van der Waals surface area contributed by atoms with Gasteiger partial charge in [0.1, 0.15) is 10.7 Å². The lowest BCUT2D eigenvalue weighted by atomic mass is 10.3. The number of para-hydroxylation sites is 1. The van der Waals surface area contributed by atoms with Crippen molar-refractivity contribution in [2.45, 2.75) is 11.3 Å². The van der Waals surface area contributed by atoms with Gasteiger partial charge in [0, 0.05) is 32.9 Å². The summed E-state index contributed by atoms with van der Waals surface area (Å²) in [6, 6.07) is 6.87. The van der Waals surface area contributed by atoms with Gasteiger partial charge in [0.25, 0.3) is 0 Å². The molecule has 1 aromatic heterocycles. The second-order valence-corrected chi connectivity index (χ2v) is 6.63. The van der Waals surface area contributed by atoms with Crippen LogP contribution in [0.5, 0.6) is 0 Å². The Hall–Kier alpha value is -1.70. The largest absolute Gasteiger partial charge is 0.330 e. The van der Waals surface area contributed by atoms with Gasteiger partial charge in [0.2, 0.25) is 10.0 Å². The van der Waals surface area contributed by atoms with E-state index in [1.165, 1.54) is 18.4 Å². The van der Waals surface area contributed by atoms with Gasteiger partial charge in [-0.05, 0) is 18.7 Å². The van der Waals surface area contributed by atoms with Crippen LogP contribution in [0.15, 0.2) is 41.6 Å². The van der Waals surface area contributed by atoms with E-state index in [0.717, 1.165) is 5.82 Å². The third-order valence-corrected chi connectivity index (χ3v) is 4.83. The molecule has 6 nitrogen and oxygen atoms in total. The Balaban J connectivity index is 2.62. The highest BCUT2D eigenvalue weighted by atomic mass is 32.2. The molecule has 0 saturated carbocycles. The predicted molar refractivity (Wildman–Crippen MR) is 77.2 cm³/mol. The quantitative estimate of drug-likeness (QED) is 0.876. The Morgan fingerprint density at radius 2 is 2.00 bits per heavy atom. The van der Waals surface area contributed by atoms with E-state index >= 15 is 0 Å². The Morgan fingerprint density at radius 3 is 2.65 bits per heavy atom. The van der Waals surface area contributed by atoms with Crippen molar-refractivity contribution in [3.05, 3.63) is 42.5 Å². The summed E-state index contributed by atoms with van der Waals surface area (Å²) in [4.78, 5) is 4.48. The highest BCUT2D eigenvalue weighted by Gasteiger charge is 2.22. The highest BCUT2D eigenvalue weighted by Crippen LogP contribution is 2.23. The summed E-state index contributed by atoms with van der Waals surface area (Å²) in [5.41, 5.74) is 6.14. The van der Waals surface area contributed by atoms with E-state index in [1.807, 2.05) is 0 Å². The molecule has 1 heterocycles. The van der Waals surface area contributed by atoms with Crippen LogP contribution >= 0.6 is 0 Å². The standard InChI is InChI=1S/C13H18N4O2S/c1-16(2)20(18,19)12-6-4-3-5-11(12)17-10-9-15-13(17)7-8-14/h3-6,9-10H,7-8,14H2,1-2H3. The van der Waals surface area contributed by atoms with Gasteiger partial charge in [-0.15, -0.1) is 0 Å². The summed E-state index contributed by atoms with van der Waals surface area (Å²) < 4.78 is 27.7. The minimum absolute atomic E-state index is 0.251. The number of hydrogen-bond acceptors (Lipinski definition) is 4. The second kappa shape index (κ2) is 5.74. The fourth-order valence-electron chi connectivity index (χ4n) is 1.94. The van der Waals surface area contributed by atoms with Crippen LogP contribution in [0.25, 0.3) is 5.69 Å². The van der Waals surface area contributed by atoms with Gasteiger partial charge in [0.15, 0.2) is 0 Å². The van der Waals surface area contributed by atoms with Crippen molar-refractivity contribution < 1.29 is 8.42 Å². The summed E-state index contributed by atoms with van der Waals surface area (Å²) >= 11 is 0. The van der Waals surface area contributed by atoms with Gasteiger partial charge in [0.05, 0.1) is 5.69 Å². The number of hydrogen-bond donors (Lipinski definition) is 1. The van der Waals surface area contributed by atoms with E-state index in [2.05, 4.69) is 4.98 Å². The fourth-order valence-corrected chi connectivity index (χ4v) is 3.01. The molecular formula is C13H18N4O2S. The molecule has 0 saturated heterocycles. The van der Waals surface area contributed by atoms with Gasteiger partial charge in [-0.25, -0.2) is 17.7 Å². The molecular weight excluding hydrogens is 276 g/mol. The van der Waals surface area contributed by atoms with Crippen LogP contribution in [0.3, 0.4) is 0 Å². The SMILES string of the molecule is CN(C)S(=O)(=O)c1ccccc1-n1ccnc1CCN. The van der Waals surface area contributed by atoms with Gasteiger partial charge in [-0.3, -0.25) is 0 Å². The van der Waals surface area contributed by atoms with Gasteiger partial charge < -0.3 is 10.3 Å². The minimum atomic E-state index is -3.51. The van der Waals surface area contributed by atoms with E-state index in [9.17, 15) is 8.42 Å². The minimum Gasteiger partial charge on any atom is -0.330 e. The molecule has 1 aromatic carbocycles. The van der Waals surface area contributed by atoms with Gasteiger partial charge in [-0.2, -0.15) is 0 Å². The maximum Gasteiger partial charge on any atom is 0.244 e. The zero-order valence-electron chi connectivity index (χ0n) is 11.5. The molecule has 0 radical (unpaired) electrons. The number of aromatic nitrogens is 2. The number of nitrogens with zero attached hydrogens (tertiary/aromatic N) is 3. The van der Waals surface area contributed by atoms with E-state index in [1.54, 1.807) is 41.2 Å². The first kappa shape index (κ1) is 14.7. The molecule has 0 fully saturated rings. The molecule has 0 aliphatic rings. The van der Waals surface area contributed by atoms with Gasteiger partial charge in [-0.1, -0.05) is 12.1 Å². The molecule has 2 aromatic rings. The molecule has 0 unspecified atom stereocenters. The molecule has 2 rings (SSSR count). The lowest BCUT2D eigenvalue weighted by Gasteiger charge is -2.16. The van der Waals surface area contributed by atoms with Crippen molar-refractivity contribution in [3.63, 3.8) is 0 Å². The predicted octanol–water partition coefficient (Wildman–Crippen LogP) is 0.624. The second-order valence-electron chi connectivity index (χ2n) is 4.51. The molecule has 0 atom stereocenters. The lowest BCUT2D eigenvalue weighted by Crippen LogP contribution is -2.24. The highest BCUT2D eigenvalue weighted by molar-refractivity contribution is 7.89. The number of benzene rings is 1. The first-order chi connectivity index (χ1) is 9.48. The molecule has 0 spiro atoms. The first-order valence-corrected chi connectivity index (χ1v) is 7.66. The van der Waals surface area contributed by atoms with Crippen molar-refractivity contribution in [1.82, 2.24) is 13.9 Å². The normalized spacial score (nSPS) is 12.0. The first-order valence-electron chi connectivity index (χ1n) is 6.22. The van der Waals surface area contributed by atoms with Crippen molar-refractivity contribution in [2.24, 2.45) is 5.73 Å². The zero-order chi connectivity index (χ0) is 14.8. The van der Waals surface area contributed by atoms with Crippen LogP contribution < -0.4 is 5.73 Å². The average molecular weight is 294 g/mol. The summed E-state index contributed by atoms with van der Waals surface area (Å²) in [5.74, 6) is 0.744. The third-order valence-electron chi connectivity index (χ3n) is 2.97. The topological polar surface area (TPSA) is 81.2 Å². The molecule has 0 aliphatic carbocycles. The van der Waals surface area contributed by atoms with Crippen LogP contribution in [0.2, 0.25) is 0 Å². The summed E-state index contributed by atoms with van der Waals surface area (Å²) in [6.07, 6.45) is 3.97. The number of imidazole rings is 1. The van der Waals surface area contributed by atoms with E-state index in [0.29, 0.717) is 18.7 Å². The summed E-state index contributed by atoms with van der Waals surface area (Å²) in [6.45, 7) is 0.458. The van der Waals surface area contributed by atoms with E-state index < -0.39 is 10.0 Å². The third kappa shape index (κ3) is 2.60. The van der Waals surface area contributed by atoms with Crippen molar-refractivity contribution >= 4 is 10.0 Å². The molecule has 20 heavy (non-hydrogen) atoms. The van der Waals surface area contributed by atoms with Crippen molar-refractivity contribution in [3.8, 4) is 5.69 Å². The molecule has 0 bridgehead atoms. The number of rotatable bonds is 5. The number of nitrogens with two attached hydrogens (primary N) is 1. The van der Waals surface area contributed by atoms with Crippen LogP contribution in [-0.4, -0.2) is 42.9 Å². The Labute approximate surface area is 118 Å². The van der Waals surface area contributed by atoms with Gasteiger partial charge >= 0.3 is 0 Å². The maximum absolute atomic E-state index is 12.4. The maximum atomic E-state index is 12.4. The molecule has 7 heteroatoms. The Morgan fingerprint density at radius 1 is 1.30 bits per heavy atom. The Kier molecular flexibility index (Phi) is 4.22. The summed E-state index contributed by atoms with van der Waals surface area (Å²) in [5, 5.41) is 0. The average Bonchev–Trinajstić information content (AvgIpc) is 2.87. The molecule has 2 N–H and O–H groups in total. The van der Waals surface area contributed by atoms with Crippen molar-refractivity contribution in [2.75, 3.05) is 20.6 Å². The Bertz CT molecular complexity index is 692.